The lowest BCUT2D eigenvalue weighted by Gasteiger charge is -2.16. The summed E-state index contributed by atoms with van der Waals surface area (Å²) >= 11 is 0. The first kappa shape index (κ1) is 14.8. The van der Waals surface area contributed by atoms with Crippen molar-refractivity contribution in [1.82, 2.24) is 19.7 Å². The molecule has 2 aromatic rings. The number of hydrogen-bond acceptors (Lipinski definition) is 5. The Labute approximate surface area is 121 Å². The van der Waals surface area contributed by atoms with Crippen LogP contribution >= 0.6 is 0 Å². The average Bonchev–Trinajstić information content (AvgIpc) is 2.85. The molecule has 21 heavy (non-hydrogen) atoms. The summed E-state index contributed by atoms with van der Waals surface area (Å²) in [7, 11) is 3.41. The Kier molecular flexibility index (Phi) is 4.06. The molecule has 2 N–H and O–H groups in total. The van der Waals surface area contributed by atoms with E-state index in [1.54, 1.807) is 23.7 Å². The molecule has 8 heteroatoms. The molecule has 2 heterocycles. The number of carbonyl (C=O) groups is 2. The minimum atomic E-state index is -1.10. The number of carbonyl (C=O) groups excluding carboxylic acids is 1. The van der Waals surface area contributed by atoms with Crippen molar-refractivity contribution in [1.29, 1.82) is 0 Å². The van der Waals surface area contributed by atoms with Crippen LogP contribution in [0, 0.1) is 0 Å². The third kappa shape index (κ3) is 2.78. The van der Waals surface area contributed by atoms with Crippen molar-refractivity contribution in [3.05, 3.63) is 18.0 Å². The fourth-order valence-corrected chi connectivity index (χ4v) is 1.92. The Morgan fingerprint density at radius 2 is 2.14 bits per heavy atom. The molecule has 1 amide bonds. The fourth-order valence-electron chi connectivity index (χ4n) is 1.92. The second-order valence-corrected chi connectivity index (χ2v) is 4.62. The summed E-state index contributed by atoms with van der Waals surface area (Å²) < 4.78 is 1.55. The number of nitrogens with zero attached hydrogens (tertiary/aromatic N) is 4. The molecule has 2 aromatic heterocycles. The highest BCUT2D eigenvalue weighted by Crippen LogP contribution is 2.25. The SMILES string of the molecule is CCN(C)C(=O)CNc1c(C(=O)O)cnc2c1cnn2C. The van der Waals surface area contributed by atoms with Crippen LogP contribution in [0.4, 0.5) is 5.69 Å². The Bertz CT molecular complexity index is 694. The molecular weight excluding hydrogens is 274 g/mol. The number of rotatable bonds is 5. The number of amides is 1. The van der Waals surface area contributed by atoms with E-state index >= 15 is 0 Å². The van der Waals surface area contributed by atoms with Gasteiger partial charge < -0.3 is 15.3 Å². The van der Waals surface area contributed by atoms with Crippen LogP contribution in [0.1, 0.15) is 17.3 Å². The molecule has 0 aliphatic rings. The number of anilines is 1. The van der Waals surface area contributed by atoms with Crippen molar-refractivity contribution in [2.75, 3.05) is 25.5 Å². The van der Waals surface area contributed by atoms with Gasteiger partial charge in [-0.1, -0.05) is 0 Å². The minimum absolute atomic E-state index is 0.0125. The lowest BCUT2D eigenvalue weighted by Crippen LogP contribution is -2.32. The van der Waals surface area contributed by atoms with Gasteiger partial charge in [-0.3, -0.25) is 9.48 Å². The zero-order valence-corrected chi connectivity index (χ0v) is 12.1. The van der Waals surface area contributed by atoms with Crippen LogP contribution in [0.5, 0.6) is 0 Å². The van der Waals surface area contributed by atoms with Crippen molar-refractivity contribution in [3.8, 4) is 0 Å². The highest BCUT2D eigenvalue weighted by atomic mass is 16.4. The number of pyridine rings is 1. The van der Waals surface area contributed by atoms with Gasteiger partial charge in [0.15, 0.2) is 5.65 Å². The molecule has 0 radical (unpaired) electrons. The topological polar surface area (TPSA) is 100 Å². The average molecular weight is 291 g/mol. The summed E-state index contributed by atoms with van der Waals surface area (Å²) in [6.07, 6.45) is 2.80. The molecule has 0 aliphatic heterocycles. The molecule has 2 rings (SSSR count). The summed E-state index contributed by atoms with van der Waals surface area (Å²) in [5.41, 5.74) is 0.930. The van der Waals surface area contributed by atoms with Crippen LogP contribution in [0.15, 0.2) is 12.4 Å². The van der Waals surface area contributed by atoms with E-state index in [0.29, 0.717) is 23.3 Å². The van der Waals surface area contributed by atoms with Gasteiger partial charge in [-0.05, 0) is 6.92 Å². The van der Waals surface area contributed by atoms with E-state index in [4.69, 9.17) is 0 Å². The summed E-state index contributed by atoms with van der Waals surface area (Å²) in [6, 6.07) is 0. The van der Waals surface area contributed by atoms with Crippen molar-refractivity contribution in [3.63, 3.8) is 0 Å². The van der Waals surface area contributed by atoms with Gasteiger partial charge in [0.05, 0.1) is 23.8 Å². The lowest BCUT2D eigenvalue weighted by molar-refractivity contribution is -0.127. The van der Waals surface area contributed by atoms with Crippen molar-refractivity contribution < 1.29 is 14.7 Å². The largest absolute Gasteiger partial charge is 0.478 e. The van der Waals surface area contributed by atoms with E-state index < -0.39 is 5.97 Å². The summed E-state index contributed by atoms with van der Waals surface area (Å²) in [5.74, 6) is -1.23. The van der Waals surface area contributed by atoms with Crippen LogP contribution in [0.2, 0.25) is 0 Å². The monoisotopic (exact) mass is 291 g/mol. The molecule has 112 valence electrons. The maximum atomic E-state index is 11.8. The van der Waals surface area contributed by atoms with Crippen molar-refractivity contribution in [2.45, 2.75) is 6.92 Å². The summed E-state index contributed by atoms with van der Waals surface area (Å²) in [5, 5.41) is 16.8. The van der Waals surface area contributed by atoms with Gasteiger partial charge in [0, 0.05) is 26.8 Å². The third-order valence-corrected chi connectivity index (χ3v) is 3.31. The number of carboxylic acid groups (broad SMARTS) is 1. The molecule has 0 bridgehead atoms. The van der Waals surface area contributed by atoms with Gasteiger partial charge >= 0.3 is 5.97 Å². The van der Waals surface area contributed by atoms with Gasteiger partial charge in [0.2, 0.25) is 5.91 Å². The van der Waals surface area contributed by atoms with E-state index in [1.165, 1.54) is 12.4 Å². The number of aryl methyl sites for hydroxylation is 1. The predicted molar refractivity (Wildman–Crippen MR) is 77.3 cm³/mol. The number of aromatic nitrogens is 3. The van der Waals surface area contributed by atoms with Gasteiger partial charge in [-0.2, -0.15) is 5.10 Å². The number of nitrogens with one attached hydrogen (secondary N) is 1. The molecule has 0 saturated carbocycles. The Hall–Kier alpha value is -2.64. The van der Waals surface area contributed by atoms with Crippen molar-refractivity contribution >= 4 is 28.6 Å². The second kappa shape index (κ2) is 5.78. The van der Waals surface area contributed by atoms with Crippen LogP contribution < -0.4 is 5.32 Å². The quantitative estimate of drug-likeness (QED) is 0.834. The number of aromatic carboxylic acids is 1. The molecule has 0 unspecified atom stereocenters. The van der Waals surface area contributed by atoms with Crippen LogP contribution in [0.3, 0.4) is 0 Å². The molecule has 0 aromatic carbocycles. The molecule has 0 aliphatic carbocycles. The highest BCUT2D eigenvalue weighted by molar-refractivity contribution is 6.04. The standard InChI is InChI=1S/C13H17N5O3/c1-4-17(2)10(19)7-14-11-8-6-16-18(3)12(8)15-5-9(11)13(20)21/h5-6H,4,7H2,1-3H3,(H,14,15)(H,20,21). The van der Waals surface area contributed by atoms with E-state index in [1.807, 2.05) is 6.92 Å². The predicted octanol–water partition coefficient (Wildman–Crippen LogP) is 0.557. The molecule has 8 nitrogen and oxygen atoms in total. The smallest absolute Gasteiger partial charge is 0.339 e. The van der Waals surface area contributed by atoms with Crippen LogP contribution in [-0.2, 0) is 11.8 Å². The number of fused-ring (bicyclic) bond motifs is 1. The van der Waals surface area contributed by atoms with E-state index in [9.17, 15) is 14.7 Å². The van der Waals surface area contributed by atoms with Crippen LogP contribution in [0.25, 0.3) is 11.0 Å². The summed E-state index contributed by atoms with van der Waals surface area (Å²) in [6.45, 7) is 2.47. The maximum absolute atomic E-state index is 11.8. The van der Waals surface area contributed by atoms with Gasteiger partial charge in [0.1, 0.15) is 5.56 Å². The Morgan fingerprint density at radius 3 is 2.76 bits per heavy atom. The van der Waals surface area contributed by atoms with Crippen LogP contribution in [-0.4, -0.2) is 56.8 Å². The van der Waals surface area contributed by atoms with Gasteiger partial charge in [-0.25, -0.2) is 9.78 Å². The normalized spacial score (nSPS) is 10.6. The van der Waals surface area contributed by atoms with Crippen molar-refractivity contribution in [2.24, 2.45) is 7.05 Å². The van der Waals surface area contributed by atoms with E-state index in [0.717, 1.165) is 0 Å². The first-order valence-corrected chi connectivity index (χ1v) is 6.47. The summed E-state index contributed by atoms with van der Waals surface area (Å²) in [4.78, 5) is 28.8. The van der Waals surface area contributed by atoms with Gasteiger partial charge in [-0.15, -0.1) is 0 Å². The van der Waals surface area contributed by atoms with Gasteiger partial charge in [0.25, 0.3) is 0 Å². The molecule has 0 saturated heterocycles. The molecule has 0 spiro atoms. The maximum Gasteiger partial charge on any atom is 0.339 e. The fraction of sp³-hybridized carbons (Fsp3) is 0.385. The molecular formula is C13H17N5O3. The molecule has 0 fully saturated rings. The minimum Gasteiger partial charge on any atom is -0.478 e. The zero-order chi connectivity index (χ0) is 15.6. The number of likely N-dealkylation sites (N-methyl/N-ethyl adjacent to an activating group) is 1. The van der Waals surface area contributed by atoms with E-state index in [-0.39, 0.29) is 18.0 Å². The Morgan fingerprint density at radius 1 is 1.43 bits per heavy atom. The second-order valence-electron chi connectivity index (χ2n) is 4.62. The lowest BCUT2D eigenvalue weighted by atomic mass is 10.2. The molecule has 0 atom stereocenters. The Balaban J connectivity index is 2.38. The highest BCUT2D eigenvalue weighted by Gasteiger charge is 2.18. The zero-order valence-electron chi connectivity index (χ0n) is 12.1. The number of carboxylic acids is 1. The third-order valence-electron chi connectivity index (χ3n) is 3.31. The first-order valence-electron chi connectivity index (χ1n) is 6.47. The number of hydrogen-bond donors (Lipinski definition) is 2. The van der Waals surface area contributed by atoms with E-state index in [2.05, 4.69) is 15.4 Å². The first-order chi connectivity index (χ1) is 9.95.